The third-order valence-corrected chi connectivity index (χ3v) is 3.52. The normalized spacial score (nSPS) is 26.3. The minimum absolute atomic E-state index is 0.130. The van der Waals surface area contributed by atoms with Crippen molar-refractivity contribution >= 4 is 11.8 Å². The van der Waals surface area contributed by atoms with E-state index < -0.39 is 0 Å². The van der Waals surface area contributed by atoms with E-state index in [0.29, 0.717) is 25.9 Å². The van der Waals surface area contributed by atoms with Crippen molar-refractivity contribution in [1.29, 1.82) is 0 Å². The third kappa shape index (κ3) is 5.52. The number of hydrogen-bond acceptors (Lipinski definition) is 2. The van der Waals surface area contributed by atoms with Crippen LogP contribution < -0.4 is 10.6 Å². The molecule has 1 aliphatic heterocycles. The molecule has 1 heterocycles. The highest BCUT2D eigenvalue weighted by molar-refractivity contribution is 5.78. The molecule has 0 aliphatic carbocycles. The fourth-order valence-corrected chi connectivity index (χ4v) is 2.55. The number of hydrogen-bond donors (Lipinski definition) is 2. The molecule has 1 aliphatic rings. The van der Waals surface area contributed by atoms with Crippen molar-refractivity contribution in [3.63, 3.8) is 0 Å². The van der Waals surface area contributed by atoms with Crippen LogP contribution >= 0.6 is 0 Å². The van der Waals surface area contributed by atoms with Gasteiger partial charge in [-0.05, 0) is 24.7 Å². The molecule has 0 radical (unpaired) electrons. The summed E-state index contributed by atoms with van der Waals surface area (Å²) in [4.78, 5) is 23.6. The predicted octanol–water partition coefficient (Wildman–Crippen LogP) is 1.85. The van der Waals surface area contributed by atoms with E-state index in [1.165, 1.54) is 0 Å². The Morgan fingerprint density at radius 1 is 0.889 bits per heavy atom. The number of amides is 2. The lowest BCUT2D eigenvalue weighted by Gasteiger charge is -2.22. The van der Waals surface area contributed by atoms with E-state index in [4.69, 9.17) is 0 Å². The molecule has 2 N–H and O–H groups in total. The Kier molecular flexibility index (Phi) is 6.76. The second kappa shape index (κ2) is 8.11. The molecule has 0 unspecified atom stereocenters. The maximum atomic E-state index is 11.8. The van der Waals surface area contributed by atoms with Gasteiger partial charge in [0.25, 0.3) is 0 Å². The van der Waals surface area contributed by atoms with Gasteiger partial charge in [0, 0.05) is 25.9 Å². The highest BCUT2D eigenvalue weighted by Crippen LogP contribution is 2.14. The first kappa shape index (κ1) is 15.0. The van der Waals surface area contributed by atoms with Crippen molar-refractivity contribution in [2.45, 2.75) is 52.4 Å². The van der Waals surface area contributed by atoms with Gasteiger partial charge in [0.1, 0.15) is 0 Å². The monoisotopic (exact) mass is 254 g/mol. The molecular formula is C14H26N2O2. The number of carbonyl (C=O) groups is 2. The van der Waals surface area contributed by atoms with Gasteiger partial charge >= 0.3 is 0 Å². The Morgan fingerprint density at radius 3 is 1.61 bits per heavy atom. The van der Waals surface area contributed by atoms with Crippen molar-refractivity contribution in [1.82, 2.24) is 10.6 Å². The first-order valence-corrected chi connectivity index (χ1v) is 7.19. The molecule has 1 saturated heterocycles. The van der Waals surface area contributed by atoms with Crippen LogP contribution in [0.25, 0.3) is 0 Å². The van der Waals surface area contributed by atoms with Crippen LogP contribution in [0.2, 0.25) is 0 Å². The standard InChI is InChI=1S/C14H26N2O2/c1-3-5-11-7-13(17)16-10-12(6-4-2)8-14(18)15-9-11/h11-12H,3-10H2,1-2H3,(H,15,18)(H,16,17)/t11-,12-/m1/s1. The second-order valence-electron chi connectivity index (χ2n) is 5.33. The molecule has 0 aromatic carbocycles. The van der Waals surface area contributed by atoms with E-state index in [2.05, 4.69) is 24.5 Å². The first-order chi connectivity index (χ1) is 8.65. The highest BCUT2D eigenvalue weighted by atomic mass is 16.2. The molecule has 1 fully saturated rings. The molecule has 0 saturated carbocycles. The molecule has 0 aromatic rings. The fourth-order valence-electron chi connectivity index (χ4n) is 2.55. The topological polar surface area (TPSA) is 58.2 Å². The van der Waals surface area contributed by atoms with Gasteiger partial charge in [0.15, 0.2) is 0 Å². The highest BCUT2D eigenvalue weighted by Gasteiger charge is 2.20. The lowest BCUT2D eigenvalue weighted by Crippen LogP contribution is -2.39. The average Bonchev–Trinajstić information content (AvgIpc) is 2.33. The van der Waals surface area contributed by atoms with Crippen LogP contribution in [0.1, 0.15) is 52.4 Å². The molecule has 4 nitrogen and oxygen atoms in total. The summed E-state index contributed by atoms with van der Waals surface area (Å²) < 4.78 is 0. The third-order valence-electron chi connectivity index (χ3n) is 3.52. The lowest BCUT2D eigenvalue weighted by molar-refractivity contribution is -0.126. The van der Waals surface area contributed by atoms with Gasteiger partial charge in [0.05, 0.1) is 0 Å². The first-order valence-electron chi connectivity index (χ1n) is 7.19. The van der Waals surface area contributed by atoms with E-state index in [0.717, 1.165) is 25.7 Å². The van der Waals surface area contributed by atoms with Crippen LogP contribution in [0.3, 0.4) is 0 Å². The summed E-state index contributed by atoms with van der Waals surface area (Å²) in [6.45, 7) is 5.49. The predicted molar refractivity (Wildman–Crippen MR) is 72.0 cm³/mol. The number of carbonyl (C=O) groups excluding carboxylic acids is 2. The Morgan fingerprint density at radius 2 is 1.28 bits per heavy atom. The SMILES string of the molecule is CCC[C@H]1CNC(=O)C[C@@H](CCC)CNC(=O)C1. The zero-order valence-electron chi connectivity index (χ0n) is 11.6. The average molecular weight is 254 g/mol. The minimum atomic E-state index is 0.130. The molecule has 2 atom stereocenters. The van der Waals surface area contributed by atoms with E-state index in [9.17, 15) is 9.59 Å². The molecule has 1 rings (SSSR count). The van der Waals surface area contributed by atoms with Crippen molar-refractivity contribution in [2.24, 2.45) is 11.8 Å². The van der Waals surface area contributed by atoms with Crippen molar-refractivity contribution in [3.05, 3.63) is 0 Å². The summed E-state index contributed by atoms with van der Waals surface area (Å²) in [5.41, 5.74) is 0. The molecule has 2 amide bonds. The van der Waals surface area contributed by atoms with Crippen molar-refractivity contribution < 1.29 is 9.59 Å². The summed E-state index contributed by atoms with van der Waals surface area (Å²) >= 11 is 0. The lowest BCUT2D eigenvalue weighted by atomic mass is 9.95. The summed E-state index contributed by atoms with van der Waals surface area (Å²) in [5.74, 6) is 0.819. The van der Waals surface area contributed by atoms with Crippen LogP contribution in [-0.4, -0.2) is 24.9 Å². The van der Waals surface area contributed by atoms with Gasteiger partial charge in [-0.15, -0.1) is 0 Å². The Balaban J connectivity index is 2.56. The Bertz CT molecular complexity index is 251. The van der Waals surface area contributed by atoms with Crippen LogP contribution in [0.15, 0.2) is 0 Å². The van der Waals surface area contributed by atoms with E-state index in [1.54, 1.807) is 0 Å². The maximum absolute atomic E-state index is 11.8. The van der Waals surface area contributed by atoms with Crippen molar-refractivity contribution in [2.75, 3.05) is 13.1 Å². The van der Waals surface area contributed by atoms with E-state index >= 15 is 0 Å². The van der Waals surface area contributed by atoms with E-state index in [-0.39, 0.29) is 23.7 Å². The van der Waals surface area contributed by atoms with Crippen LogP contribution in [0, 0.1) is 11.8 Å². The van der Waals surface area contributed by atoms with Gasteiger partial charge < -0.3 is 10.6 Å². The van der Waals surface area contributed by atoms with Gasteiger partial charge in [-0.1, -0.05) is 26.7 Å². The molecule has 0 bridgehead atoms. The second-order valence-corrected chi connectivity index (χ2v) is 5.33. The summed E-state index contributed by atoms with van der Waals surface area (Å²) in [5, 5.41) is 5.95. The van der Waals surface area contributed by atoms with Gasteiger partial charge in [-0.2, -0.15) is 0 Å². The largest absolute Gasteiger partial charge is 0.356 e. The molecule has 0 spiro atoms. The molecule has 0 aromatic heterocycles. The molecule has 18 heavy (non-hydrogen) atoms. The van der Waals surface area contributed by atoms with Crippen molar-refractivity contribution in [3.8, 4) is 0 Å². The maximum Gasteiger partial charge on any atom is 0.220 e. The Hall–Kier alpha value is -1.06. The molecule has 104 valence electrons. The Labute approximate surface area is 110 Å². The van der Waals surface area contributed by atoms with Crippen LogP contribution in [0.4, 0.5) is 0 Å². The van der Waals surface area contributed by atoms with Gasteiger partial charge in [-0.3, -0.25) is 9.59 Å². The fraction of sp³-hybridized carbons (Fsp3) is 0.857. The van der Waals surface area contributed by atoms with Gasteiger partial charge in [0.2, 0.25) is 11.8 Å². The molecule has 4 heteroatoms. The smallest absolute Gasteiger partial charge is 0.220 e. The van der Waals surface area contributed by atoms with Gasteiger partial charge in [-0.25, -0.2) is 0 Å². The zero-order valence-corrected chi connectivity index (χ0v) is 11.6. The number of nitrogens with one attached hydrogen (secondary N) is 2. The quantitative estimate of drug-likeness (QED) is 0.804. The van der Waals surface area contributed by atoms with Crippen LogP contribution in [-0.2, 0) is 9.59 Å². The zero-order chi connectivity index (χ0) is 13.4. The summed E-state index contributed by atoms with van der Waals surface area (Å²) in [7, 11) is 0. The minimum Gasteiger partial charge on any atom is -0.356 e. The summed E-state index contributed by atoms with van der Waals surface area (Å²) in [6, 6.07) is 0. The summed E-state index contributed by atoms with van der Waals surface area (Å²) in [6.07, 6.45) is 5.15. The van der Waals surface area contributed by atoms with Crippen LogP contribution in [0.5, 0.6) is 0 Å². The van der Waals surface area contributed by atoms with E-state index in [1.807, 2.05) is 0 Å². The molecular weight excluding hydrogens is 228 g/mol. The number of rotatable bonds is 4.